The van der Waals surface area contributed by atoms with Crippen LogP contribution in [0.2, 0.25) is 0 Å². The monoisotopic (exact) mass is 389 g/mol. The van der Waals surface area contributed by atoms with E-state index in [1.165, 1.54) is 30.1 Å². The number of halogens is 2. The SMILES string of the molecule is COC(=O)c1cn(-c2cc(Nc3ccc4c(c3)OC(F)(F)O4)ncc2C)nn1. The molecular formula is C17H13F2N5O4. The molecule has 2 aromatic heterocycles. The maximum Gasteiger partial charge on any atom is 0.586 e. The molecule has 3 aromatic rings. The minimum Gasteiger partial charge on any atom is -0.464 e. The fraction of sp³-hybridized carbons (Fsp3) is 0.176. The first-order valence-electron chi connectivity index (χ1n) is 7.99. The van der Waals surface area contributed by atoms with E-state index in [4.69, 9.17) is 0 Å². The summed E-state index contributed by atoms with van der Waals surface area (Å²) < 4.78 is 41.1. The van der Waals surface area contributed by atoms with Gasteiger partial charge in [-0.1, -0.05) is 5.21 Å². The number of ether oxygens (including phenoxy) is 3. The van der Waals surface area contributed by atoms with Crippen molar-refractivity contribution >= 4 is 17.5 Å². The number of pyridine rings is 1. The van der Waals surface area contributed by atoms with Crippen LogP contribution in [0.1, 0.15) is 16.1 Å². The van der Waals surface area contributed by atoms with E-state index in [0.29, 0.717) is 17.2 Å². The first kappa shape index (κ1) is 17.6. The van der Waals surface area contributed by atoms with Crippen LogP contribution in [0.5, 0.6) is 11.5 Å². The summed E-state index contributed by atoms with van der Waals surface area (Å²) in [5.74, 6) is -0.317. The first-order valence-corrected chi connectivity index (χ1v) is 7.99. The molecule has 0 atom stereocenters. The van der Waals surface area contributed by atoms with Gasteiger partial charge in [-0.15, -0.1) is 13.9 Å². The number of anilines is 2. The molecule has 0 radical (unpaired) electrons. The summed E-state index contributed by atoms with van der Waals surface area (Å²) in [5, 5.41) is 10.7. The molecule has 1 aromatic carbocycles. The van der Waals surface area contributed by atoms with E-state index in [2.05, 4.69) is 34.8 Å². The molecule has 0 aliphatic carbocycles. The average Bonchev–Trinajstić information content (AvgIpc) is 3.25. The van der Waals surface area contributed by atoms with Gasteiger partial charge in [-0.05, 0) is 24.6 Å². The molecule has 144 valence electrons. The van der Waals surface area contributed by atoms with Gasteiger partial charge in [0.05, 0.1) is 19.0 Å². The van der Waals surface area contributed by atoms with Gasteiger partial charge in [0, 0.05) is 24.0 Å². The second-order valence-corrected chi connectivity index (χ2v) is 5.85. The van der Waals surface area contributed by atoms with Gasteiger partial charge in [0.15, 0.2) is 17.2 Å². The van der Waals surface area contributed by atoms with E-state index in [1.807, 2.05) is 6.92 Å². The average molecular weight is 389 g/mol. The second kappa shape index (κ2) is 6.44. The Labute approximate surface area is 156 Å². The van der Waals surface area contributed by atoms with E-state index in [9.17, 15) is 13.6 Å². The number of carbonyl (C=O) groups excluding carboxylic acids is 1. The zero-order valence-corrected chi connectivity index (χ0v) is 14.6. The summed E-state index contributed by atoms with van der Waals surface area (Å²) in [4.78, 5) is 15.8. The summed E-state index contributed by atoms with van der Waals surface area (Å²) >= 11 is 0. The molecule has 0 fully saturated rings. The summed E-state index contributed by atoms with van der Waals surface area (Å²) in [7, 11) is 1.25. The summed E-state index contributed by atoms with van der Waals surface area (Å²) in [6, 6.07) is 5.97. The van der Waals surface area contributed by atoms with Crippen molar-refractivity contribution in [2.75, 3.05) is 12.4 Å². The Balaban J connectivity index is 1.60. The van der Waals surface area contributed by atoms with Crippen LogP contribution in [-0.4, -0.2) is 39.4 Å². The van der Waals surface area contributed by atoms with Crippen LogP contribution in [0.3, 0.4) is 0 Å². The highest BCUT2D eigenvalue weighted by atomic mass is 19.3. The Kier molecular flexibility index (Phi) is 4.06. The van der Waals surface area contributed by atoms with E-state index >= 15 is 0 Å². The lowest BCUT2D eigenvalue weighted by molar-refractivity contribution is -0.286. The van der Waals surface area contributed by atoms with Gasteiger partial charge in [-0.25, -0.2) is 14.5 Å². The molecule has 28 heavy (non-hydrogen) atoms. The summed E-state index contributed by atoms with van der Waals surface area (Å²) in [6.07, 6.45) is -0.653. The van der Waals surface area contributed by atoms with Gasteiger partial charge in [0.25, 0.3) is 0 Å². The largest absolute Gasteiger partial charge is 0.586 e. The lowest BCUT2D eigenvalue weighted by atomic mass is 10.2. The minimum atomic E-state index is -3.68. The number of hydrogen-bond acceptors (Lipinski definition) is 8. The molecule has 9 nitrogen and oxygen atoms in total. The number of rotatable bonds is 4. The normalized spacial score (nSPS) is 14.0. The van der Waals surface area contributed by atoms with Crippen LogP contribution in [0.15, 0.2) is 36.7 Å². The van der Waals surface area contributed by atoms with Gasteiger partial charge in [0.1, 0.15) is 5.82 Å². The van der Waals surface area contributed by atoms with E-state index in [-0.39, 0.29) is 17.2 Å². The van der Waals surface area contributed by atoms with Crippen molar-refractivity contribution < 1.29 is 27.8 Å². The van der Waals surface area contributed by atoms with Crippen molar-refractivity contribution in [1.29, 1.82) is 0 Å². The van der Waals surface area contributed by atoms with Crippen LogP contribution in [0, 0.1) is 6.92 Å². The van der Waals surface area contributed by atoms with E-state index < -0.39 is 12.3 Å². The molecule has 1 aliphatic heterocycles. The van der Waals surface area contributed by atoms with Gasteiger partial charge >= 0.3 is 12.3 Å². The Morgan fingerprint density at radius 3 is 2.82 bits per heavy atom. The van der Waals surface area contributed by atoms with Crippen LogP contribution in [0.25, 0.3) is 5.69 Å². The van der Waals surface area contributed by atoms with Gasteiger partial charge in [-0.3, -0.25) is 0 Å². The van der Waals surface area contributed by atoms with Crippen molar-refractivity contribution in [2.24, 2.45) is 0 Å². The molecule has 11 heteroatoms. The lowest BCUT2D eigenvalue weighted by Gasteiger charge is -2.10. The summed E-state index contributed by atoms with van der Waals surface area (Å²) in [5.41, 5.74) is 1.92. The molecule has 1 N–H and O–H groups in total. The Morgan fingerprint density at radius 1 is 1.25 bits per heavy atom. The molecule has 0 amide bonds. The highest BCUT2D eigenvalue weighted by Crippen LogP contribution is 2.42. The van der Waals surface area contributed by atoms with Crippen LogP contribution in [-0.2, 0) is 4.74 Å². The molecular weight excluding hydrogens is 376 g/mol. The first-order chi connectivity index (χ1) is 13.3. The zero-order valence-electron chi connectivity index (χ0n) is 14.6. The maximum absolute atomic E-state index is 13.1. The maximum atomic E-state index is 13.1. The number of nitrogens with one attached hydrogen (secondary N) is 1. The third kappa shape index (κ3) is 3.29. The number of nitrogens with zero attached hydrogens (tertiary/aromatic N) is 4. The number of methoxy groups -OCH3 is 1. The highest BCUT2D eigenvalue weighted by molar-refractivity contribution is 5.86. The van der Waals surface area contributed by atoms with Crippen LogP contribution >= 0.6 is 0 Å². The Hall–Kier alpha value is -3.76. The van der Waals surface area contributed by atoms with Crippen LogP contribution in [0.4, 0.5) is 20.3 Å². The van der Waals surface area contributed by atoms with Crippen molar-refractivity contribution in [3.8, 4) is 17.2 Å². The molecule has 4 rings (SSSR count). The number of carbonyl (C=O) groups is 1. The standard InChI is InChI=1S/C17H13F2N5O4/c1-9-7-20-15(6-12(9)24-8-11(22-23-24)16(25)26-2)21-10-3-4-13-14(5-10)28-17(18,19)27-13/h3-8H,1-2H3,(H,20,21). The number of fused-ring (bicyclic) bond motifs is 1. The second-order valence-electron chi connectivity index (χ2n) is 5.85. The molecule has 0 spiro atoms. The highest BCUT2D eigenvalue weighted by Gasteiger charge is 2.43. The number of aryl methyl sites for hydroxylation is 1. The lowest BCUT2D eigenvalue weighted by Crippen LogP contribution is -2.25. The number of hydrogen-bond donors (Lipinski definition) is 1. The van der Waals surface area contributed by atoms with Crippen molar-refractivity contribution in [3.05, 3.63) is 47.9 Å². The quantitative estimate of drug-likeness (QED) is 0.680. The summed E-state index contributed by atoms with van der Waals surface area (Å²) in [6.45, 7) is 1.81. The van der Waals surface area contributed by atoms with Crippen molar-refractivity contribution in [1.82, 2.24) is 20.0 Å². The molecule has 0 bridgehead atoms. The molecule has 1 aliphatic rings. The minimum absolute atomic E-state index is 0.0499. The van der Waals surface area contributed by atoms with Crippen LogP contribution < -0.4 is 14.8 Å². The van der Waals surface area contributed by atoms with Gasteiger partial charge in [-0.2, -0.15) is 0 Å². The fourth-order valence-corrected chi connectivity index (χ4v) is 2.58. The fourth-order valence-electron chi connectivity index (χ4n) is 2.58. The zero-order chi connectivity index (χ0) is 19.9. The molecule has 3 heterocycles. The third-order valence-electron chi connectivity index (χ3n) is 3.88. The van der Waals surface area contributed by atoms with Crippen molar-refractivity contribution in [2.45, 2.75) is 13.2 Å². The number of alkyl halides is 2. The van der Waals surface area contributed by atoms with E-state index in [0.717, 1.165) is 5.56 Å². The smallest absolute Gasteiger partial charge is 0.464 e. The number of aromatic nitrogens is 4. The van der Waals surface area contributed by atoms with Gasteiger partial charge < -0.3 is 19.5 Å². The molecule has 0 unspecified atom stereocenters. The molecule has 0 saturated carbocycles. The number of benzene rings is 1. The van der Waals surface area contributed by atoms with E-state index in [1.54, 1.807) is 18.3 Å². The predicted octanol–water partition coefficient (Wildman–Crippen LogP) is 2.82. The Bertz CT molecular complexity index is 1070. The van der Waals surface area contributed by atoms with Gasteiger partial charge in [0.2, 0.25) is 0 Å². The van der Waals surface area contributed by atoms with Crippen molar-refractivity contribution in [3.63, 3.8) is 0 Å². The Morgan fingerprint density at radius 2 is 2.04 bits per heavy atom. The third-order valence-corrected chi connectivity index (χ3v) is 3.88. The topological polar surface area (TPSA) is 100 Å². The molecule has 0 saturated heterocycles. The predicted molar refractivity (Wildman–Crippen MR) is 91.2 cm³/mol. The number of esters is 1.